The van der Waals surface area contributed by atoms with Gasteiger partial charge in [-0.1, -0.05) is 0 Å². The lowest BCUT2D eigenvalue weighted by Crippen LogP contribution is -2.36. The van der Waals surface area contributed by atoms with Crippen molar-refractivity contribution in [1.82, 2.24) is 0 Å². The third-order valence-corrected chi connectivity index (χ3v) is 3.86. The number of hydrogen-bond acceptors (Lipinski definition) is 5. The van der Waals surface area contributed by atoms with E-state index >= 15 is 0 Å². The molecule has 1 fully saturated rings. The number of carbonyl (C=O) groups is 1. The van der Waals surface area contributed by atoms with Crippen LogP contribution in [0, 0.1) is 0 Å². The van der Waals surface area contributed by atoms with Crippen LogP contribution in [0.3, 0.4) is 0 Å². The average molecular weight is 324 g/mol. The second-order valence-electron chi connectivity index (χ2n) is 6.15. The molecule has 5 nitrogen and oxygen atoms in total. The highest BCUT2D eigenvalue weighted by molar-refractivity contribution is 7.98. The van der Waals surface area contributed by atoms with E-state index in [1.165, 1.54) is 0 Å². The summed E-state index contributed by atoms with van der Waals surface area (Å²) in [4.78, 5) is 15.3. The molecular weight excluding hydrogens is 300 g/mol. The molecule has 2 rings (SSSR count). The number of morpholine rings is 1. The van der Waals surface area contributed by atoms with Crippen LogP contribution in [0.1, 0.15) is 20.8 Å². The number of nitrogens with one attached hydrogen (secondary N) is 1. The van der Waals surface area contributed by atoms with Crippen molar-refractivity contribution in [3.8, 4) is 0 Å². The number of hydrogen-bond donors (Lipinski definition) is 1. The van der Waals surface area contributed by atoms with Gasteiger partial charge in [0.05, 0.1) is 13.2 Å². The van der Waals surface area contributed by atoms with Gasteiger partial charge in [0, 0.05) is 29.4 Å². The Hall–Kier alpha value is -1.40. The number of benzene rings is 1. The summed E-state index contributed by atoms with van der Waals surface area (Å²) in [6, 6.07) is 6.07. The molecule has 0 spiro atoms. The van der Waals surface area contributed by atoms with Gasteiger partial charge in [0.2, 0.25) is 0 Å². The van der Waals surface area contributed by atoms with E-state index in [2.05, 4.69) is 16.3 Å². The minimum Gasteiger partial charge on any atom is -0.444 e. The number of thioether (sulfide) groups is 1. The third-order valence-electron chi connectivity index (χ3n) is 3.15. The Morgan fingerprint density at radius 2 is 1.95 bits per heavy atom. The Labute approximate surface area is 136 Å². The number of rotatable bonds is 3. The lowest BCUT2D eigenvalue weighted by atomic mass is 10.2. The molecular formula is C16H24N2O3S. The molecule has 0 aromatic heterocycles. The smallest absolute Gasteiger partial charge is 0.412 e. The molecule has 6 heteroatoms. The summed E-state index contributed by atoms with van der Waals surface area (Å²) in [7, 11) is 0. The second kappa shape index (κ2) is 7.24. The summed E-state index contributed by atoms with van der Waals surface area (Å²) < 4.78 is 10.7. The summed E-state index contributed by atoms with van der Waals surface area (Å²) in [5.41, 5.74) is 1.35. The molecule has 0 unspecified atom stereocenters. The topological polar surface area (TPSA) is 50.8 Å². The Morgan fingerprint density at radius 1 is 1.27 bits per heavy atom. The molecule has 122 valence electrons. The Bertz CT molecular complexity index is 523. The maximum Gasteiger partial charge on any atom is 0.412 e. The van der Waals surface area contributed by atoms with Gasteiger partial charge in [-0.3, -0.25) is 5.32 Å². The summed E-state index contributed by atoms with van der Waals surface area (Å²) in [5.74, 6) is 0. The summed E-state index contributed by atoms with van der Waals surface area (Å²) in [5, 5.41) is 2.82. The summed E-state index contributed by atoms with van der Waals surface area (Å²) in [6.45, 7) is 8.75. The number of ether oxygens (including phenoxy) is 2. The van der Waals surface area contributed by atoms with Crippen molar-refractivity contribution in [2.24, 2.45) is 0 Å². The molecule has 0 bridgehead atoms. The van der Waals surface area contributed by atoms with Crippen LogP contribution in [0.2, 0.25) is 0 Å². The molecule has 1 aromatic carbocycles. The Kier molecular flexibility index (Phi) is 5.58. The van der Waals surface area contributed by atoms with E-state index in [-0.39, 0.29) is 0 Å². The maximum absolute atomic E-state index is 11.9. The quantitative estimate of drug-likeness (QED) is 0.861. The van der Waals surface area contributed by atoms with Crippen LogP contribution in [0.15, 0.2) is 23.1 Å². The first-order valence-corrected chi connectivity index (χ1v) is 8.61. The van der Waals surface area contributed by atoms with E-state index in [1.807, 2.05) is 39.2 Å². The fraction of sp³-hybridized carbons (Fsp3) is 0.562. The van der Waals surface area contributed by atoms with E-state index in [0.29, 0.717) is 0 Å². The van der Waals surface area contributed by atoms with E-state index in [9.17, 15) is 4.79 Å². The first-order valence-electron chi connectivity index (χ1n) is 7.39. The Morgan fingerprint density at radius 3 is 2.55 bits per heavy atom. The number of nitrogens with zero attached hydrogens (tertiary/aromatic N) is 1. The first kappa shape index (κ1) is 17.0. The molecule has 1 N–H and O–H groups in total. The molecule has 0 radical (unpaired) electrons. The molecule has 0 atom stereocenters. The normalized spacial score (nSPS) is 15.5. The van der Waals surface area contributed by atoms with Gasteiger partial charge in [-0.25, -0.2) is 4.79 Å². The molecule has 1 aliphatic rings. The van der Waals surface area contributed by atoms with Crippen molar-refractivity contribution in [1.29, 1.82) is 0 Å². The van der Waals surface area contributed by atoms with Crippen LogP contribution in [0.25, 0.3) is 0 Å². The molecule has 0 aliphatic carbocycles. The molecule has 1 heterocycles. The van der Waals surface area contributed by atoms with E-state index in [4.69, 9.17) is 9.47 Å². The largest absolute Gasteiger partial charge is 0.444 e. The fourth-order valence-electron chi connectivity index (χ4n) is 2.20. The summed E-state index contributed by atoms with van der Waals surface area (Å²) >= 11 is 1.65. The van der Waals surface area contributed by atoms with E-state index in [0.717, 1.165) is 42.6 Å². The standard InChI is InChI=1S/C16H24N2O3S/c1-16(2,3)21-15(19)17-12-9-13(11-14(10-12)22-4)18-5-7-20-8-6-18/h9-11H,5-8H2,1-4H3,(H,17,19). The number of anilines is 2. The van der Waals surface area contributed by atoms with Crippen LogP contribution in [0.4, 0.5) is 16.2 Å². The van der Waals surface area contributed by atoms with Gasteiger partial charge < -0.3 is 14.4 Å². The molecule has 1 aromatic rings. The maximum atomic E-state index is 11.9. The minimum atomic E-state index is -0.506. The molecule has 1 saturated heterocycles. The minimum absolute atomic E-state index is 0.432. The van der Waals surface area contributed by atoms with Gasteiger partial charge >= 0.3 is 6.09 Å². The molecule has 1 aliphatic heterocycles. The van der Waals surface area contributed by atoms with Gasteiger partial charge in [0.25, 0.3) is 0 Å². The van der Waals surface area contributed by atoms with Crippen molar-refractivity contribution >= 4 is 29.2 Å². The van der Waals surface area contributed by atoms with Crippen molar-refractivity contribution in [2.45, 2.75) is 31.3 Å². The zero-order chi connectivity index (χ0) is 16.2. The SMILES string of the molecule is CSc1cc(NC(=O)OC(C)(C)C)cc(N2CCOCC2)c1. The Balaban J connectivity index is 2.14. The lowest BCUT2D eigenvalue weighted by molar-refractivity contribution is 0.0636. The molecule has 1 amide bonds. The highest BCUT2D eigenvalue weighted by Crippen LogP contribution is 2.28. The predicted molar refractivity (Wildman–Crippen MR) is 91.1 cm³/mol. The van der Waals surface area contributed by atoms with E-state index in [1.54, 1.807) is 11.8 Å². The highest BCUT2D eigenvalue weighted by Gasteiger charge is 2.17. The van der Waals surface area contributed by atoms with E-state index < -0.39 is 11.7 Å². The molecule has 22 heavy (non-hydrogen) atoms. The van der Waals surface area contributed by atoms with Crippen LogP contribution in [-0.2, 0) is 9.47 Å². The van der Waals surface area contributed by atoms with Crippen LogP contribution >= 0.6 is 11.8 Å². The second-order valence-corrected chi connectivity index (χ2v) is 7.03. The highest BCUT2D eigenvalue weighted by atomic mass is 32.2. The monoisotopic (exact) mass is 324 g/mol. The van der Waals surface area contributed by atoms with Crippen molar-refractivity contribution in [3.05, 3.63) is 18.2 Å². The summed E-state index contributed by atoms with van der Waals surface area (Å²) in [6.07, 6.45) is 1.59. The van der Waals surface area contributed by atoms with Crippen molar-refractivity contribution < 1.29 is 14.3 Å². The van der Waals surface area contributed by atoms with Crippen LogP contribution < -0.4 is 10.2 Å². The molecule has 0 saturated carbocycles. The van der Waals surface area contributed by atoms with Crippen LogP contribution in [-0.4, -0.2) is 44.3 Å². The van der Waals surface area contributed by atoms with Gasteiger partial charge in [0.15, 0.2) is 0 Å². The third kappa shape index (κ3) is 5.10. The predicted octanol–water partition coefficient (Wildman–Crippen LogP) is 3.59. The number of amides is 1. The van der Waals surface area contributed by atoms with Crippen LogP contribution in [0.5, 0.6) is 0 Å². The first-order chi connectivity index (χ1) is 10.4. The fourth-order valence-corrected chi connectivity index (χ4v) is 2.68. The average Bonchev–Trinajstić information content (AvgIpc) is 2.45. The zero-order valence-electron chi connectivity index (χ0n) is 13.6. The zero-order valence-corrected chi connectivity index (χ0v) is 14.5. The number of carbonyl (C=O) groups excluding carboxylic acids is 1. The van der Waals surface area contributed by atoms with Crippen molar-refractivity contribution in [2.75, 3.05) is 42.8 Å². The van der Waals surface area contributed by atoms with Gasteiger partial charge in [-0.2, -0.15) is 0 Å². The van der Waals surface area contributed by atoms with Gasteiger partial charge in [-0.05, 0) is 45.2 Å². The van der Waals surface area contributed by atoms with Crippen molar-refractivity contribution in [3.63, 3.8) is 0 Å². The van der Waals surface area contributed by atoms with Gasteiger partial charge in [0.1, 0.15) is 5.60 Å². The van der Waals surface area contributed by atoms with Gasteiger partial charge in [-0.15, -0.1) is 11.8 Å². The lowest BCUT2D eigenvalue weighted by Gasteiger charge is -2.29.